The van der Waals surface area contributed by atoms with Crippen LogP contribution in [-0.4, -0.2) is 31.6 Å². The zero-order valence-corrected chi connectivity index (χ0v) is 10.3. The van der Waals surface area contributed by atoms with Crippen molar-refractivity contribution in [2.75, 3.05) is 19.8 Å². The molecule has 0 saturated carbocycles. The van der Waals surface area contributed by atoms with Crippen LogP contribution in [0.1, 0.15) is 46.5 Å². The van der Waals surface area contributed by atoms with Crippen LogP contribution in [0.25, 0.3) is 0 Å². The van der Waals surface area contributed by atoms with E-state index in [2.05, 4.69) is 12.2 Å². The van der Waals surface area contributed by atoms with Gasteiger partial charge in [-0.3, -0.25) is 0 Å². The minimum atomic E-state index is -0.389. The molecule has 1 saturated heterocycles. The third kappa shape index (κ3) is 5.50. The topological polar surface area (TPSA) is 30.5 Å². The standard InChI is InChI=1S/C12H25NO2/c1-4-5-6-7-8-13-11-9-14-12(2,3)15-10-11/h11,13H,4-10H2,1-3H3. The second-order valence-corrected chi connectivity index (χ2v) is 4.73. The molecule has 0 aromatic rings. The van der Waals surface area contributed by atoms with Crippen LogP contribution in [0.15, 0.2) is 0 Å². The Kier molecular flexibility index (Phi) is 5.58. The van der Waals surface area contributed by atoms with Gasteiger partial charge in [-0.05, 0) is 26.8 Å². The van der Waals surface area contributed by atoms with Crippen molar-refractivity contribution >= 4 is 0 Å². The van der Waals surface area contributed by atoms with Crippen LogP contribution in [-0.2, 0) is 9.47 Å². The van der Waals surface area contributed by atoms with Crippen molar-refractivity contribution < 1.29 is 9.47 Å². The number of hydrogen-bond donors (Lipinski definition) is 1. The Bertz CT molecular complexity index is 161. The van der Waals surface area contributed by atoms with Crippen LogP contribution in [0.5, 0.6) is 0 Å². The average Bonchev–Trinajstić information content (AvgIpc) is 2.20. The lowest BCUT2D eigenvalue weighted by Crippen LogP contribution is -2.48. The van der Waals surface area contributed by atoms with E-state index in [1.807, 2.05) is 13.8 Å². The molecular formula is C12H25NO2. The summed E-state index contributed by atoms with van der Waals surface area (Å²) in [5.41, 5.74) is 0. The van der Waals surface area contributed by atoms with Gasteiger partial charge < -0.3 is 14.8 Å². The summed E-state index contributed by atoms with van der Waals surface area (Å²) in [7, 11) is 0. The number of unbranched alkanes of at least 4 members (excludes halogenated alkanes) is 3. The van der Waals surface area contributed by atoms with E-state index in [1.165, 1.54) is 25.7 Å². The molecule has 1 rings (SSSR count). The van der Waals surface area contributed by atoms with Crippen LogP contribution in [0.2, 0.25) is 0 Å². The van der Waals surface area contributed by atoms with Gasteiger partial charge in [-0.25, -0.2) is 0 Å². The zero-order chi connectivity index (χ0) is 11.1. The summed E-state index contributed by atoms with van der Waals surface area (Å²) in [5, 5.41) is 3.47. The average molecular weight is 215 g/mol. The Morgan fingerprint density at radius 1 is 1.13 bits per heavy atom. The van der Waals surface area contributed by atoms with Gasteiger partial charge in [-0.15, -0.1) is 0 Å². The fraction of sp³-hybridized carbons (Fsp3) is 1.00. The van der Waals surface area contributed by atoms with Crippen molar-refractivity contribution in [3.63, 3.8) is 0 Å². The van der Waals surface area contributed by atoms with Gasteiger partial charge in [0, 0.05) is 0 Å². The Hall–Kier alpha value is -0.120. The van der Waals surface area contributed by atoms with Crippen molar-refractivity contribution in [2.24, 2.45) is 0 Å². The van der Waals surface area contributed by atoms with E-state index < -0.39 is 0 Å². The molecule has 90 valence electrons. The second-order valence-electron chi connectivity index (χ2n) is 4.73. The van der Waals surface area contributed by atoms with E-state index in [1.54, 1.807) is 0 Å². The lowest BCUT2D eigenvalue weighted by molar-refractivity contribution is -0.252. The number of rotatable bonds is 6. The minimum absolute atomic E-state index is 0.375. The van der Waals surface area contributed by atoms with Crippen molar-refractivity contribution in [2.45, 2.75) is 58.3 Å². The molecule has 1 N–H and O–H groups in total. The number of ether oxygens (including phenoxy) is 2. The smallest absolute Gasteiger partial charge is 0.162 e. The highest BCUT2D eigenvalue weighted by atomic mass is 16.7. The highest BCUT2D eigenvalue weighted by Gasteiger charge is 2.27. The molecular weight excluding hydrogens is 190 g/mol. The Morgan fingerprint density at radius 3 is 2.40 bits per heavy atom. The molecule has 1 aliphatic rings. The highest BCUT2D eigenvalue weighted by molar-refractivity contribution is 4.72. The molecule has 15 heavy (non-hydrogen) atoms. The molecule has 0 bridgehead atoms. The van der Waals surface area contributed by atoms with Gasteiger partial charge in [0.25, 0.3) is 0 Å². The zero-order valence-electron chi connectivity index (χ0n) is 10.3. The van der Waals surface area contributed by atoms with Crippen LogP contribution in [0.4, 0.5) is 0 Å². The van der Waals surface area contributed by atoms with Gasteiger partial charge in [-0.2, -0.15) is 0 Å². The summed E-state index contributed by atoms with van der Waals surface area (Å²) in [6.07, 6.45) is 5.22. The molecule has 0 unspecified atom stereocenters. The Morgan fingerprint density at radius 2 is 1.80 bits per heavy atom. The van der Waals surface area contributed by atoms with Gasteiger partial charge in [0.1, 0.15) is 0 Å². The predicted octanol–water partition coefficient (Wildman–Crippen LogP) is 2.31. The maximum atomic E-state index is 5.57. The van der Waals surface area contributed by atoms with E-state index in [0.29, 0.717) is 6.04 Å². The van der Waals surface area contributed by atoms with Gasteiger partial charge in [0.05, 0.1) is 19.3 Å². The Labute approximate surface area is 93.5 Å². The fourth-order valence-corrected chi connectivity index (χ4v) is 1.67. The van der Waals surface area contributed by atoms with Crippen LogP contribution in [0, 0.1) is 0 Å². The molecule has 0 aromatic carbocycles. The summed E-state index contributed by atoms with van der Waals surface area (Å²) in [6, 6.07) is 0.375. The van der Waals surface area contributed by atoms with Crippen LogP contribution < -0.4 is 5.32 Å². The fourth-order valence-electron chi connectivity index (χ4n) is 1.67. The maximum Gasteiger partial charge on any atom is 0.162 e. The third-order valence-electron chi connectivity index (χ3n) is 2.73. The van der Waals surface area contributed by atoms with Crippen molar-refractivity contribution in [1.82, 2.24) is 5.32 Å². The molecule has 1 heterocycles. The second kappa shape index (κ2) is 6.46. The molecule has 0 aliphatic carbocycles. The van der Waals surface area contributed by atoms with Gasteiger partial charge >= 0.3 is 0 Å². The lowest BCUT2D eigenvalue weighted by atomic mass is 10.2. The van der Waals surface area contributed by atoms with Crippen molar-refractivity contribution in [1.29, 1.82) is 0 Å². The SMILES string of the molecule is CCCCCCNC1COC(C)(C)OC1. The quantitative estimate of drug-likeness (QED) is 0.690. The third-order valence-corrected chi connectivity index (χ3v) is 2.73. The van der Waals surface area contributed by atoms with Crippen molar-refractivity contribution in [3.8, 4) is 0 Å². The van der Waals surface area contributed by atoms with E-state index in [-0.39, 0.29) is 5.79 Å². The highest BCUT2D eigenvalue weighted by Crippen LogP contribution is 2.16. The maximum absolute atomic E-state index is 5.57. The first kappa shape index (κ1) is 12.9. The molecule has 1 fully saturated rings. The summed E-state index contributed by atoms with van der Waals surface area (Å²) in [6.45, 7) is 8.77. The minimum Gasteiger partial charge on any atom is -0.349 e. The molecule has 0 amide bonds. The molecule has 3 heteroatoms. The molecule has 0 spiro atoms. The normalized spacial score (nSPS) is 21.8. The lowest BCUT2D eigenvalue weighted by Gasteiger charge is -2.35. The molecule has 0 atom stereocenters. The first-order chi connectivity index (χ1) is 7.14. The Balaban J connectivity index is 1.99. The van der Waals surface area contributed by atoms with E-state index in [9.17, 15) is 0 Å². The molecule has 0 radical (unpaired) electrons. The van der Waals surface area contributed by atoms with E-state index in [4.69, 9.17) is 9.47 Å². The van der Waals surface area contributed by atoms with Gasteiger partial charge in [0.15, 0.2) is 5.79 Å². The predicted molar refractivity (Wildman–Crippen MR) is 61.9 cm³/mol. The summed E-state index contributed by atoms with van der Waals surface area (Å²) in [4.78, 5) is 0. The molecule has 1 aliphatic heterocycles. The number of nitrogens with one attached hydrogen (secondary N) is 1. The van der Waals surface area contributed by atoms with Gasteiger partial charge in [-0.1, -0.05) is 26.2 Å². The molecule has 0 aromatic heterocycles. The first-order valence-electron chi connectivity index (χ1n) is 6.15. The van der Waals surface area contributed by atoms with Crippen LogP contribution in [0.3, 0.4) is 0 Å². The van der Waals surface area contributed by atoms with Crippen molar-refractivity contribution in [3.05, 3.63) is 0 Å². The first-order valence-corrected chi connectivity index (χ1v) is 6.15. The molecule has 3 nitrogen and oxygen atoms in total. The summed E-state index contributed by atoms with van der Waals surface area (Å²) in [5.74, 6) is -0.389. The van der Waals surface area contributed by atoms with Gasteiger partial charge in [0.2, 0.25) is 0 Å². The van der Waals surface area contributed by atoms with E-state index >= 15 is 0 Å². The van der Waals surface area contributed by atoms with E-state index in [0.717, 1.165) is 19.8 Å². The number of hydrogen-bond acceptors (Lipinski definition) is 3. The summed E-state index contributed by atoms with van der Waals surface area (Å²) < 4.78 is 11.1. The summed E-state index contributed by atoms with van der Waals surface area (Å²) >= 11 is 0. The largest absolute Gasteiger partial charge is 0.349 e. The monoisotopic (exact) mass is 215 g/mol. The van der Waals surface area contributed by atoms with Crippen LogP contribution >= 0.6 is 0 Å².